The van der Waals surface area contributed by atoms with E-state index in [0.717, 1.165) is 22.7 Å². The third-order valence-electron chi connectivity index (χ3n) is 3.96. The van der Waals surface area contributed by atoms with Crippen LogP contribution in [-0.2, 0) is 12.3 Å². The van der Waals surface area contributed by atoms with Crippen LogP contribution in [0.2, 0.25) is 0 Å². The van der Waals surface area contributed by atoms with Gasteiger partial charge in [-0.2, -0.15) is 0 Å². The molecule has 0 saturated heterocycles. The molecule has 0 fully saturated rings. The number of aromatic nitrogens is 2. The van der Waals surface area contributed by atoms with Crippen LogP contribution in [0.5, 0.6) is 0 Å². The summed E-state index contributed by atoms with van der Waals surface area (Å²) in [4.78, 5) is 19.0. The zero-order valence-electron chi connectivity index (χ0n) is 15.6. The molecule has 7 heteroatoms. The topological polar surface area (TPSA) is 71.3 Å². The van der Waals surface area contributed by atoms with E-state index in [0.29, 0.717) is 22.9 Å². The number of hydrogen-bond donors (Lipinski definition) is 1. The average Bonchev–Trinajstić information content (AvgIpc) is 3.10. The number of benzene rings is 1. The SMILES string of the molecule is Cc1cc(CSc2ncccc2C(=O)NCc2ccc(N(C)C)cc2)no1. The number of carbonyl (C=O) groups is 1. The van der Waals surface area contributed by atoms with Gasteiger partial charge in [0.2, 0.25) is 0 Å². The minimum absolute atomic E-state index is 0.140. The van der Waals surface area contributed by atoms with Crippen molar-refractivity contribution in [3.8, 4) is 0 Å². The Kier molecular flexibility index (Phi) is 6.13. The molecule has 2 aromatic heterocycles. The first kappa shape index (κ1) is 19.0. The number of hydrogen-bond acceptors (Lipinski definition) is 6. The lowest BCUT2D eigenvalue weighted by atomic mass is 10.2. The van der Waals surface area contributed by atoms with E-state index >= 15 is 0 Å². The predicted octanol–water partition coefficient (Wildman–Crippen LogP) is 3.67. The van der Waals surface area contributed by atoms with Gasteiger partial charge in [-0.15, -0.1) is 0 Å². The number of nitrogens with one attached hydrogen (secondary N) is 1. The number of thioether (sulfide) groups is 1. The van der Waals surface area contributed by atoms with E-state index in [1.54, 1.807) is 18.3 Å². The summed E-state index contributed by atoms with van der Waals surface area (Å²) < 4.78 is 5.08. The molecule has 0 saturated carbocycles. The Morgan fingerprint density at radius 1 is 1.22 bits per heavy atom. The molecule has 3 rings (SSSR count). The van der Waals surface area contributed by atoms with Gasteiger partial charge in [-0.25, -0.2) is 4.98 Å². The van der Waals surface area contributed by atoms with Crippen molar-refractivity contribution in [3.63, 3.8) is 0 Å². The number of rotatable bonds is 7. The quantitative estimate of drug-likeness (QED) is 0.629. The van der Waals surface area contributed by atoms with Gasteiger partial charge in [-0.1, -0.05) is 29.1 Å². The Hall–Kier alpha value is -2.80. The normalized spacial score (nSPS) is 10.6. The molecule has 0 aliphatic heterocycles. The van der Waals surface area contributed by atoms with E-state index in [-0.39, 0.29) is 5.91 Å². The molecule has 1 N–H and O–H groups in total. The summed E-state index contributed by atoms with van der Waals surface area (Å²) >= 11 is 1.47. The van der Waals surface area contributed by atoms with Crippen molar-refractivity contribution in [1.82, 2.24) is 15.5 Å². The van der Waals surface area contributed by atoms with Crippen molar-refractivity contribution in [2.24, 2.45) is 0 Å². The van der Waals surface area contributed by atoms with Gasteiger partial charge < -0.3 is 14.7 Å². The summed E-state index contributed by atoms with van der Waals surface area (Å²) in [5.41, 5.74) is 3.56. The molecule has 0 aliphatic carbocycles. The number of carbonyl (C=O) groups excluding carboxylic acids is 1. The van der Waals surface area contributed by atoms with Gasteiger partial charge in [0.25, 0.3) is 5.91 Å². The predicted molar refractivity (Wildman–Crippen MR) is 107 cm³/mol. The Balaban J connectivity index is 1.62. The van der Waals surface area contributed by atoms with Gasteiger partial charge in [-0.05, 0) is 36.8 Å². The van der Waals surface area contributed by atoms with Crippen molar-refractivity contribution in [2.45, 2.75) is 24.2 Å². The fourth-order valence-corrected chi connectivity index (χ4v) is 3.37. The molecule has 0 radical (unpaired) electrons. The van der Waals surface area contributed by atoms with Gasteiger partial charge in [0.05, 0.1) is 11.3 Å². The zero-order valence-corrected chi connectivity index (χ0v) is 16.4. The van der Waals surface area contributed by atoms with Crippen LogP contribution in [0.4, 0.5) is 5.69 Å². The number of nitrogens with zero attached hydrogens (tertiary/aromatic N) is 3. The van der Waals surface area contributed by atoms with Gasteiger partial charge in [0.15, 0.2) is 0 Å². The second kappa shape index (κ2) is 8.73. The molecule has 1 amide bonds. The maximum absolute atomic E-state index is 12.6. The van der Waals surface area contributed by atoms with Gasteiger partial charge in [0.1, 0.15) is 10.8 Å². The number of aryl methyl sites for hydroxylation is 1. The number of pyridine rings is 1. The van der Waals surface area contributed by atoms with Gasteiger partial charge in [0, 0.05) is 44.3 Å². The van der Waals surface area contributed by atoms with Crippen molar-refractivity contribution in [1.29, 1.82) is 0 Å². The summed E-state index contributed by atoms with van der Waals surface area (Å²) in [7, 11) is 4.00. The summed E-state index contributed by atoms with van der Waals surface area (Å²) in [6.45, 7) is 2.32. The number of amides is 1. The smallest absolute Gasteiger partial charge is 0.254 e. The van der Waals surface area contributed by atoms with Crippen LogP contribution >= 0.6 is 11.8 Å². The molecule has 0 unspecified atom stereocenters. The fraction of sp³-hybridized carbons (Fsp3) is 0.250. The van der Waals surface area contributed by atoms with Crippen LogP contribution in [0.25, 0.3) is 0 Å². The molecule has 0 atom stereocenters. The highest BCUT2D eigenvalue weighted by Crippen LogP contribution is 2.24. The second-order valence-corrected chi connectivity index (χ2v) is 7.28. The summed E-state index contributed by atoms with van der Waals surface area (Å²) in [5, 5.41) is 7.62. The number of anilines is 1. The van der Waals surface area contributed by atoms with E-state index < -0.39 is 0 Å². The highest BCUT2D eigenvalue weighted by atomic mass is 32.2. The lowest BCUT2D eigenvalue weighted by Gasteiger charge is -2.13. The first-order chi connectivity index (χ1) is 13.0. The zero-order chi connectivity index (χ0) is 19.2. The molecule has 6 nitrogen and oxygen atoms in total. The maximum Gasteiger partial charge on any atom is 0.254 e. The first-order valence-corrected chi connectivity index (χ1v) is 9.56. The van der Waals surface area contributed by atoms with E-state index in [9.17, 15) is 4.79 Å². The Labute approximate surface area is 163 Å². The summed E-state index contributed by atoms with van der Waals surface area (Å²) in [6.07, 6.45) is 1.69. The van der Waals surface area contributed by atoms with E-state index in [2.05, 4.69) is 15.5 Å². The van der Waals surface area contributed by atoms with Crippen LogP contribution in [0.3, 0.4) is 0 Å². The van der Waals surface area contributed by atoms with Crippen LogP contribution in [0.1, 0.15) is 27.4 Å². The van der Waals surface area contributed by atoms with Crippen LogP contribution in [-0.4, -0.2) is 30.1 Å². The molecule has 0 spiro atoms. The van der Waals surface area contributed by atoms with Gasteiger partial charge in [-0.3, -0.25) is 4.79 Å². The third kappa shape index (κ3) is 5.10. The minimum atomic E-state index is -0.140. The van der Waals surface area contributed by atoms with Crippen LogP contribution in [0.15, 0.2) is 58.2 Å². The molecular formula is C20H22N4O2S. The molecule has 140 valence electrons. The van der Waals surface area contributed by atoms with E-state index in [1.165, 1.54) is 11.8 Å². The van der Waals surface area contributed by atoms with E-state index in [1.807, 2.05) is 56.3 Å². The molecule has 1 aromatic carbocycles. The van der Waals surface area contributed by atoms with Crippen molar-refractivity contribution >= 4 is 23.4 Å². The Bertz CT molecular complexity index is 906. The standard InChI is InChI=1S/C20H22N4O2S/c1-14-11-16(23-26-14)13-27-20-18(5-4-10-21-20)19(25)22-12-15-6-8-17(9-7-15)24(2)3/h4-11H,12-13H2,1-3H3,(H,22,25). The van der Waals surface area contributed by atoms with Crippen molar-refractivity contribution < 1.29 is 9.32 Å². The Morgan fingerprint density at radius 2 is 2.00 bits per heavy atom. The lowest BCUT2D eigenvalue weighted by Crippen LogP contribution is -2.23. The van der Waals surface area contributed by atoms with Crippen molar-refractivity contribution in [3.05, 3.63) is 71.2 Å². The second-order valence-electron chi connectivity index (χ2n) is 6.32. The van der Waals surface area contributed by atoms with Gasteiger partial charge >= 0.3 is 0 Å². The highest BCUT2D eigenvalue weighted by Gasteiger charge is 2.13. The third-order valence-corrected chi connectivity index (χ3v) is 4.99. The van der Waals surface area contributed by atoms with Crippen LogP contribution in [0, 0.1) is 6.92 Å². The molecule has 0 bridgehead atoms. The molecule has 27 heavy (non-hydrogen) atoms. The van der Waals surface area contributed by atoms with Crippen molar-refractivity contribution in [2.75, 3.05) is 19.0 Å². The Morgan fingerprint density at radius 3 is 2.67 bits per heavy atom. The fourth-order valence-electron chi connectivity index (χ4n) is 2.50. The van der Waals surface area contributed by atoms with Crippen LogP contribution < -0.4 is 10.2 Å². The average molecular weight is 382 g/mol. The summed E-state index contributed by atoms with van der Waals surface area (Å²) in [5.74, 6) is 1.23. The maximum atomic E-state index is 12.6. The van der Waals surface area contributed by atoms with E-state index in [4.69, 9.17) is 4.52 Å². The lowest BCUT2D eigenvalue weighted by molar-refractivity contribution is 0.0947. The molecule has 3 aromatic rings. The summed E-state index contributed by atoms with van der Waals surface area (Å²) in [6, 6.07) is 13.5. The molecule has 2 heterocycles. The molecular weight excluding hydrogens is 360 g/mol. The first-order valence-electron chi connectivity index (χ1n) is 8.57. The monoisotopic (exact) mass is 382 g/mol. The highest BCUT2D eigenvalue weighted by molar-refractivity contribution is 7.98. The molecule has 0 aliphatic rings. The minimum Gasteiger partial charge on any atom is -0.378 e. The largest absolute Gasteiger partial charge is 0.378 e.